The molecular weight excluding hydrogens is 226 g/mol. The molecule has 0 spiro atoms. The third-order valence-corrected chi connectivity index (χ3v) is 2.69. The number of fused-ring (bicyclic) bond motifs is 1. The predicted molar refractivity (Wildman–Crippen MR) is 64.6 cm³/mol. The van der Waals surface area contributed by atoms with Crippen LogP contribution in [0.3, 0.4) is 0 Å². The van der Waals surface area contributed by atoms with E-state index in [1.165, 1.54) is 4.57 Å². The van der Waals surface area contributed by atoms with Crippen LogP contribution in [0.25, 0.3) is 10.9 Å². The van der Waals surface area contributed by atoms with Gasteiger partial charge in [-0.15, -0.1) is 0 Å². The van der Waals surface area contributed by atoms with Crippen molar-refractivity contribution in [2.45, 2.75) is 20.0 Å². The molecule has 0 aliphatic heterocycles. The van der Waals surface area contributed by atoms with E-state index in [0.717, 1.165) is 5.56 Å². The maximum atomic E-state index is 12.1. The van der Waals surface area contributed by atoms with E-state index >= 15 is 0 Å². The fourth-order valence-corrected chi connectivity index (χ4v) is 1.96. The summed E-state index contributed by atoms with van der Waals surface area (Å²) in [6, 6.07) is 5.44. The van der Waals surface area contributed by atoms with Crippen LogP contribution >= 0.6 is 11.6 Å². The molecule has 0 saturated heterocycles. The van der Waals surface area contributed by atoms with E-state index in [1.54, 1.807) is 13.0 Å². The van der Waals surface area contributed by atoms with E-state index in [4.69, 9.17) is 17.3 Å². The van der Waals surface area contributed by atoms with E-state index in [-0.39, 0.29) is 10.8 Å². The summed E-state index contributed by atoms with van der Waals surface area (Å²) in [7, 11) is 0. The molecular formula is C11H12ClN3O. The van der Waals surface area contributed by atoms with Crippen molar-refractivity contribution in [3.05, 3.63) is 39.4 Å². The van der Waals surface area contributed by atoms with Gasteiger partial charge in [0.2, 0.25) is 5.28 Å². The van der Waals surface area contributed by atoms with Gasteiger partial charge in [0.1, 0.15) is 0 Å². The highest BCUT2D eigenvalue weighted by Crippen LogP contribution is 2.14. The summed E-state index contributed by atoms with van der Waals surface area (Å²) in [6.07, 6.45) is -0.488. The zero-order chi connectivity index (χ0) is 11.9. The first-order valence-electron chi connectivity index (χ1n) is 4.94. The summed E-state index contributed by atoms with van der Waals surface area (Å²) >= 11 is 5.93. The average molecular weight is 238 g/mol. The zero-order valence-corrected chi connectivity index (χ0v) is 9.82. The van der Waals surface area contributed by atoms with Crippen molar-refractivity contribution in [1.82, 2.24) is 9.55 Å². The maximum Gasteiger partial charge on any atom is 0.263 e. The molecule has 16 heavy (non-hydrogen) atoms. The molecule has 0 radical (unpaired) electrons. The van der Waals surface area contributed by atoms with Gasteiger partial charge in [-0.25, -0.2) is 4.98 Å². The van der Waals surface area contributed by atoms with Crippen LogP contribution in [0.5, 0.6) is 0 Å². The first-order valence-corrected chi connectivity index (χ1v) is 5.32. The summed E-state index contributed by atoms with van der Waals surface area (Å²) in [5, 5.41) is 0.658. The Balaban J connectivity index is 2.89. The highest BCUT2D eigenvalue weighted by Gasteiger charge is 2.11. The molecule has 1 aromatic heterocycles. The summed E-state index contributed by atoms with van der Waals surface area (Å²) < 4.78 is 1.28. The van der Waals surface area contributed by atoms with Gasteiger partial charge in [-0.3, -0.25) is 9.36 Å². The van der Waals surface area contributed by atoms with Crippen molar-refractivity contribution in [3.63, 3.8) is 0 Å². The van der Waals surface area contributed by atoms with Crippen LogP contribution in [0.2, 0.25) is 5.28 Å². The summed E-state index contributed by atoms with van der Waals surface area (Å²) in [4.78, 5) is 16.2. The molecule has 2 N–H and O–H groups in total. The lowest BCUT2D eigenvalue weighted by Crippen LogP contribution is -2.29. The summed E-state index contributed by atoms with van der Waals surface area (Å²) in [6.45, 7) is 3.63. The lowest BCUT2D eigenvalue weighted by Gasteiger charge is -2.12. The Morgan fingerprint density at radius 3 is 2.81 bits per heavy atom. The topological polar surface area (TPSA) is 60.9 Å². The molecule has 1 unspecified atom stereocenters. The number of aromatic nitrogens is 2. The van der Waals surface area contributed by atoms with Crippen molar-refractivity contribution in [2.24, 2.45) is 5.73 Å². The Morgan fingerprint density at radius 2 is 2.19 bits per heavy atom. The molecule has 0 saturated carbocycles. The molecule has 5 heteroatoms. The summed E-state index contributed by atoms with van der Waals surface area (Å²) in [5.41, 5.74) is 7.11. The number of aryl methyl sites for hydroxylation is 1. The summed E-state index contributed by atoms with van der Waals surface area (Å²) in [5.74, 6) is 0. The molecule has 1 aromatic carbocycles. The highest BCUT2D eigenvalue weighted by molar-refractivity contribution is 6.28. The Bertz CT molecular complexity index is 604. The minimum atomic E-state index is -0.488. The zero-order valence-electron chi connectivity index (χ0n) is 9.07. The Labute approximate surface area is 97.7 Å². The number of rotatable bonds is 1. The molecule has 0 aliphatic carbocycles. The van der Waals surface area contributed by atoms with Crippen molar-refractivity contribution in [2.75, 3.05) is 0 Å². The van der Waals surface area contributed by atoms with Gasteiger partial charge in [0, 0.05) is 0 Å². The van der Waals surface area contributed by atoms with Crippen molar-refractivity contribution >= 4 is 22.5 Å². The van der Waals surface area contributed by atoms with Gasteiger partial charge in [-0.2, -0.15) is 0 Å². The van der Waals surface area contributed by atoms with Gasteiger partial charge in [0.15, 0.2) is 0 Å². The SMILES string of the molecule is Cc1ccc2c(=O)n(C(C)N)c(Cl)nc2c1. The second-order valence-electron chi connectivity index (χ2n) is 3.82. The molecule has 84 valence electrons. The first-order chi connectivity index (χ1) is 7.50. The first kappa shape index (κ1) is 11.1. The molecule has 0 aliphatic rings. The van der Waals surface area contributed by atoms with Crippen LogP contribution < -0.4 is 11.3 Å². The fraction of sp³-hybridized carbons (Fsp3) is 0.273. The number of nitrogens with zero attached hydrogens (tertiary/aromatic N) is 2. The molecule has 2 rings (SSSR count). The molecule has 0 amide bonds. The molecule has 2 aromatic rings. The van der Waals surface area contributed by atoms with E-state index in [9.17, 15) is 4.79 Å². The van der Waals surface area contributed by atoms with Crippen LogP contribution in [0.1, 0.15) is 18.7 Å². The van der Waals surface area contributed by atoms with Crippen LogP contribution in [0.15, 0.2) is 23.0 Å². The number of nitrogens with two attached hydrogens (primary N) is 1. The lowest BCUT2D eigenvalue weighted by molar-refractivity contribution is 0.548. The van der Waals surface area contributed by atoms with Crippen LogP contribution in [-0.4, -0.2) is 9.55 Å². The monoisotopic (exact) mass is 237 g/mol. The average Bonchev–Trinajstić information content (AvgIpc) is 2.15. The third-order valence-electron chi connectivity index (χ3n) is 2.42. The Morgan fingerprint density at radius 1 is 1.50 bits per heavy atom. The number of hydrogen-bond donors (Lipinski definition) is 1. The normalized spacial score (nSPS) is 13.0. The second-order valence-corrected chi connectivity index (χ2v) is 4.16. The van der Waals surface area contributed by atoms with Gasteiger partial charge < -0.3 is 5.73 Å². The van der Waals surface area contributed by atoms with Crippen molar-refractivity contribution in [1.29, 1.82) is 0 Å². The van der Waals surface area contributed by atoms with Gasteiger partial charge in [0.25, 0.3) is 5.56 Å². The maximum absolute atomic E-state index is 12.1. The minimum absolute atomic E-state index is 0.123. The van der Waals surface area contributed by atoms with Crippen LogP contribution in [0.4, 0.5) is 0 Å². The van der Waals surface area contributed by atoms with Crippen LogP contribution in [-0.2, 0) is 0 Å². The molecule has 1 heterocycles. The van der Waals surface area contributed by atoms with E-state index in [2.05, 4.69) is 4.98 Å². The predicted octanol–water partition coefficient (Wildman–Crippen LogP) is 1.84. The van der Waals surface area contributed by atoms with E-state index in [1.807, 2.05) is 19.1 Å². The Hall–Kier alpha value is -1.39. The second kappa shape index (κ2) is 3.88. The standard InChI is InChI=1S/C11H12ClN3O/c1-6-3-4-8-9(5-6)14-11(12)15(7(2)13)10(8)16/h3-5,7H,13H2,1-2H3. The van der Waals surface area contributed by atoms with Crippen LogP contribution in [0, 0.1) is 6.92 Å². The van der Waals surface area contributed by atoms with E-state index < -0.39 is 6.17 Å². The fourth-order valence-electron chi connectivity index (χ4n) is 1.63. The minimum Gasteiger partial charge on any atom is -0.311 e. The number of hydrogen-bond acceptors (Lipinski definition) is 3. The van der Waals surface area contributed by atoms with Gasteiger partial charge in [-0.05, 0) is 43.1 Å². The highest BCUT2D eigenvalue weighted by atomic mass is 35.5. The lowest BCUT2D eigenvalue weighted by atomic mass is 10.2. The molecule has 4 nitrogen and oxygen atoms in total. The number of benzene rings is 1. The van der Waals surface area contributed by atoms with Gasteiger partial charge in [-0.1, -0.05) is 6.07 Å². The van der Waals surface area contributed by atoms with E-state index in [0.29, 0.717) is 10.9 Å². The smallest absolute Gasteiger partial charge is 0.263 e. The third kappa shape index (κ3) is 1.70. The number of halogens is 1. The quantitative estimate of drug-likeness (QED) is 0.770. The van der Waals surface area contributed by atoms with Crippen molar-refractivity contribution < 1.29 is 0 Å². The largest absolute Gasteiger partial charge is 0.311 e. The molecule has 0 bridgehead atoms. The van der Waals surface area contributed by atoms with Gasteiger partial charge >= 0.3 is 0 Å². The van der Waals surface area contributed by atoms with Gasteiger partial charge in [0.05, 0.1) is 17.1 Å². The molecule has 0 fully saturated rings. The Kier molecular flexibility index (Phi) is 2.69. The molecule has 1 atom stereocenters. The van der Waals surface area contributed by atoms with Crippen molar-refractivity contribution in [3.8, 4) is 0 Å².